The highest BCUT2D eigenvalue weighted by Crippen LogP contribution is 2.28. The average molecular weight is 315 g/mol. The van der Waals surface area contributed by atoms with E-state index in [1.807, 2.05) is 0 Å². The molecule has 0 aliphatic heterocycles. The Kier molecular flexibility index (Phi) is 5.21. The van der Waals surface area contributed by atoms with Crippen LogP contribution in [-0.2, 0) is 4.18 Å². The van der Waals surface area contributed by atoms with E-state index in [1.54, 1.807) is 54.6 Å². The van der Waals surface area contributed by atoms with Gasteiger partial charge in [0.1, 0.15) is 12.0 Å². The maximum Gasteiger partial charge on any atom is 0.518 e. The number of benzene rings is 2. The van der Waals surface area contributed by atoms with Gasteiger partial charge in [0.2, 0.25) is 0 Å². The fraction of sp³-hybridized carbons (Fsp3) is 0. The molecule has 2 N–H and O–H groups in total. The van der Waals surface area contributed by atoms with Crippen LogP contribution in [0.5, 0.6) is 0 Å². The van der Waals surface area contributed by atoms with Crippen LogP contribution in [-0.4, -0.2) is 17.2 Å². The number of rotatable bonds is 5. The number of para-hydroxylation sites is 1. The van der Waals surface area contributed by atoms with Gasteiger partial charge < -0.3 is 14.6 Å². The van der Waals surface area contributed by atoms with Gasteiger partial charge in [-0.25, -0.2) is 4.79 Å². The number of hydrogen-bond acceptors (Lipinski definition) is 4. The molecule has 0 saturated heterocycles. The van der Waals surface area contributed by atoms with Gasteiger partial charge in [0.15, 0.2) is 0 Å². The molecule has 0 aliphatic rings. The molecule has 0 spiro atoms. The summed E-state index contributed by atoms with van der Waals surface area (Å²) in [4.78, 5) is 23.2. The van der Waals surface area contributed by atoms with Crippen molar-refractivity contribution in [3.8, 4) is 0 Å². The van der Waals surface area contributed by atoms with Crippen molar-refractivity contribution in [1.29, 1.82) is 0 Å². The summed E-state index contributed by atoms with van der Waals surface area (Å²) in [5.74, 6) is -0.293. The number of anilines is 1. The molecular formula is C16H13NO4S. The third-order valence-electron chi connectivity index (χ3n) is 2.75. The van der Waals surface area contributed by atoms with Crippen LogP contribution in [0.1, 0.15) is 15.9 Å². The second kappa shape index (κ2) is 7.33. The van der Waals surface area contributed by atoms with Gasteiger partial charge in [0.05, 0.1) is 10.6 Å². The van der Waals surface area contributed by atoms with Gasteiger partial charge in [-0.3, -0.25) is 4.79 Å². The predicted molar refractivity (Wildman–Crippen MR) is 85.9 cm³/mol. The minimum absolute atomic E-state index is 0.293. The third kappa shape index (κ3) is 4.13. The molecule has 2 aromatic carbocycles. The Bertz CT molecular complexity index is 698. The maximum absolute atomic E-state index is 12.2. The standard InChI is InChI=1S/C16H13NO4S/c1-2-11-7-9-12(10-8-11)15(18)17-13-5-3-4-6-14(13)22-21-16(19)20/h2-10H,1H2,(H,17,18)(H,19,20). The Balaban J connectivity index is 2.13. The molecule has 1 amide bonds. The van der Waals surface area contributed by atoms with E-state index in [2.05, 4.69) is 16.1 Å². The van der Waals surface area contributed by atoms with Gasteiger partial charge >= 0.3 is 6.16 Å². The van der Waals surface area contributed by atoms with E-state index in [-0.39, 0.29) is 5.91 Å². The molecule has 0 aromatic heterocycles. The van der Waals surface area contributed by atoms with Crippen LogP contribution in [0.25, 0.3) is 6.08 Å². The Hall–Kier alpha value is -2.73. The van der Waals surface area contributed by atoms with E-state index >= 15 is 0 Å². The van der Waals surface area contributed by atoms with Crippen LogP contribution < -0.4 is 5.32 Å². The molecule has 2 rings (SSSR count). The minimum atomic E-state index is -1.40. The summed E-state index contributed by atoms with van der Waals surface area (Å²) in [6.07, 6.45) is 0.294. The zero-order valence-corrected chi connectivity index (χ0v) is 12.3. The lowest BCUT2D eigenvalue weighted by molar-refractivity contribution is 0.102. The molecule has 6 heteroatoms. The largest absolute Gasteiger partial charge is 0.518 e. The number of carbonyl (C=O) groups is 2. The van der Waals surface area contributed by atoms with Crippen LogP contribution in [0.3, 0.4) is 0 Å². The van der Waals surface area contributed by atoms with Crippen LogP contribution in [0, 0.1) is 0 Å². The van der Waals surface area contributed by atoms with Gasteiger partial charge in [-0.2, -0.15) is 0 Å². The first-order valence-corrected chi connectivity index (χ1v) is 7.04. The second-order valence-electron chi connectivity index (χ2n) is 4.21. The number of carboxylic acid groups (broad SMARTS) is 1. The summed E-state index contributed by atoms with van der Waals surface area (Å²) in [6, 6.07) is 13.7. The Labute approximate surface area is 131 Å². The summed E-state index contributed by atoms with van der Waals surface area (Å²) in [5, 5.41) is 11.3. The molecular weight excluding hydrogens is 302 g/mol. The van der Waals surface area contributed by atoms with Gasteiger partial charge in [0, 0.05) is 5.56 Å². The lowest BCUT2D eigenvalue weighted by Gasteiger charge is -2.09. The summed E-state index contributed by atoms with van der Waals surface area (Å²) in [5.41, 5.74) is 1.89. The summed E-state index contributed by atoms with van der Waals surface area (Å²) in [7, 11) is 0. The first kappa shape index (κ1) is 15.7. The SMILES string of the molecule is C=Cc1ccc(C(=O)Nc2ccccc2SOC(=O)O)cc1. The van der Waals surface area contributed by atoms with Crippen molar-refractivity contribution in [2.24, 2.45) is 0 Å². The minimum Gasteiger partial charge on any atom is -0.449 e. The Morgan fingerprint density at radius 1 is 1.14 bits per heavy atom. The molecule has 0 bridgehead atoms. The third-order valence-corrected chi connectivity index (χ3v) is 3.51. The van der Waals surface area contributed by atoms with E-state index in [9.17, 15) is 9.59 Å². The highest BCUT2D eigenvalue weighted by atomic mass is 32.2. The van der Waals surface area contributed by atoms with E-state index in [1.165, 1.54) is 0 Å². The lowest BCUT2D eigenvalue weighted by atomic mass is 10.1. The molecule has 5 nitrogen and oxygen atoms in total. The van der Waals surface area contributed by atoms with E-state index in [0.717, 1.165) is 5.56 Å². The van der Waals surface area contributed by atoms with E-state index < -0.39 is 6.16 Å². The smallest absolute Gasteiger partial charge is 0.449 e. The molecule has 0 atom stereocenters. The zero-order chi connectivity index (χ0) is 15.9. The fourth-order valence-electron chi connectivity index (χ4n) is 1.69. The Morgan fingerprint density at radius 2 is 1.82 bits per heavy atom. The van der Waals surface area contributed by atoms with Crippen molar-refractivity contribution < 1.29 is 18.9 Å². The average Bonchev–Trinajstić information content (AvgIpc) is 2.54. The van der Waals surface area contributed by atoms with Crippen molar-refractivity contribution in [2.75, 3.05) is 5.32 Å². The first-order chi connectivity index (χ1) is 10.6. The van der Waals surface area contributed by atoms with Crippen molar-refractivity contribution in [3.63, 3.8) is 0 Å². The number of hydrogen-bond donors (Lipinski definition) is 2. The fourth-order valence-corrected chi connectivity index (χ4v) is 2.19. The van der Waals surface area contributed by atoms with Crippen molar-refractivity contribution >= 4 is 35.9 Å². The van der Waals surface area contributed by atoms with Crippen molar-refractivity contribution in [1.82, 2.24) is 0 Å². The van der Waals surface area contributed by atoms with Gasteiger partial charge in [0.25, 0.3) is 5.91 Å². The van der Waals surface area contributed by atoms with Crippen LogP contribution in [0.2, 0.25) is 0 Å². The lowest BCUT2D eigenvalue weighted by Crippen LogP contribution is -2.12. The van der Waals surface area contributed by atoms with Crippen LogP contribution >= 0.6 is 12.0 Å². The van der Waals surface area contributed by atoms with Crippen LogP contribution in [0.4, 0.5) is 10.5 Å². The monoisotopic (exact) mass is 315 g/mol. The van der Waals surface area contributed by atoms with Gasteiger partial charge in [-0.05, 0) is 29.8 Å². The van der Waals surface area contributed by atoms with E-state index in [4.69, 9.17) is 5.11 Å². The molecule has 112 valence electrons. The predicted octanol–water partition coefficient (Wildman–Crippen LogP) is 4.28. The number of amides is 1. The van der Waals surface area contributed by atoms with Gasteiger partial charge in [-0.15, -0.1) is 0 Å². The Morgan fingerprint density at radius 3 is 2.45 bits per heavy atom. The molecule has 0 aliphatic carbocycles. The summed E-state index contributed by atoms with van der Waals surface area (Å²) in [6.45, 7) is 3.65. The molecule has 0 fully saturated rings. The van der Waals surface area contributed by atoms with Crippen molar-refractivity contribution in [2.45, 2.75) is 4.90 Å². The molecule has 22 heavy (non-hydrogen) atoms. The second-order valence-corrected chi connectivity index (χ2v) is 4.98. The first-order valence-electron chi connectivity index (χ1n) is 6.30. The normalized spacial score (nSPS) is 9.82. The number of carbonyl (C=O) groups excluding carboxylic acids is 1. The highest BCUT2D eigenvalue weighted by Gasteiger charge is 2.11. The molecule has 0 radical (unpaired) electrons. The maximum atomic E-state index is 12.2. The van der Waals surface area contributed by atoms with Crippen LogP contribution in [0.15, 0.2) is 60.0 Å². The summed E-state index contributed by atoms with van der Waals surface area (Å²) >= 11 is 0.671. The molecule has 2 aromatic rings. The van der Waals surface area contributed by atoms with E-state index in [0.29, 0.717) is 28.2 Å². The quantitative estimate of drug-likeness (QED) is 0.805. The van der Waals surface area contributed by atoms with Gasteiger partial charge in [-0.1, -0.05) is 36.9 Å². The van der Waals surface area contributed by atoms with Crippen molar-refractivity contribution in [3.05, 3.63) is 66.2 Å². The molecule has 0 saturated carbocycles. The molecule has 0 unspecified atom stereocenters. The topological polar surface area (TPSA) is 75.6 Å². The molecule has 0 heterocycles. The summed E-state index contributed by atoms with van der Waals surface area (Å²) < 4.78 is 4.46. The number of nitrogens with one attached hydrogen (secondary N) is 1. The highest BCUT2D eigenvalue weighted by molar-refractivity contribution is 7.95. The zero-order valence-electron chi connectivity index (χ0n) is 11.5.